The molecule has 0 saturated heterocycles. The van der Waals surface area contributed by atoms with Gasteiger partial charge in [0.1, 0.15) is 28.7 Å². The van der Waals surface area contributed by atoms with Crippen LogP contribution in [0, 0.1) is 0 Å². The summed E-state index contributed by atoms with van der Waals surface area (Å²) in [5, 5.41) is 9.93. The van der Waals surface area contributed by atoms with Crippen molar-refractivity contribution in [1.82, 2.24) is 4.57 Å². The maximum Gasteiger partial charge on any atom is 0.338 e. The second-order valence-electron chi connectivity index (χ2n) is 8.48. The third kappa shape index (κ3) is 6.76. The van der Waals surface area contributed by atoms with Gasteiger partial charge >= 0.3 is 5.97 Å². The van der Waals surface area contributed by atoms with Crippen LogP contribution < -0.4 is 10.3 Å². The highest BCUT2D eigenvalue weighted by Gasteiger charge is 2.18. The molecule has 0 bridgehead atoms. The maximum atomic E-state index is 12.7. The van der Waals surface area contributed by atoms with Crippen LogP contribution in [0.2, 0.25) is 10.0 Å². The molecule has 0 atom stereocenters. The summed E-state index contributed by atoms with van der Waals surface area (Å²) in [4.78, 5) is 24.9. The lowest BCUT2D eigenvalue weighted by atomic mass is 10.1. The zero-order valence-corrected chi connectivity index (χ0v) is 20.1. The Labute approximate surface area is 202 Å². The number of aromatic nitrogens is 1. The van der Waals surface area contributed by atoms with Crippen LogP contribution in [-0.4, -0.2) is 21.2 Å². The molecule has 33 heavy (non-hydrogen) atoms. The number of carbonyl (C=O) groups excluding carboxylic acids is 1. The van der Waals surface area contributed by atoms with Crippen molar-refractivity contribution in [1.29, 1.82) is 0 Å². The first kappa shape index (κ1) is 24.7. The average Bonchev–Trinajstić information content (AvgIpc) is 2.73. The van der Waals surface area contributed by atoms with Crippen molar-refractivity contribution in [2.75, 3.05) is 0 Å². The van der Waals surface area contributed by atoms with Gasteiger partial charge in [0, 0.05) is 12.6 Å². The van der Waals surface area contributed by atoms with Crippen LogP contribution in [0.25, 0.3) is 0 Å². The maximum absolute atomic E-state index is 12.7. The highest BCUT2D eigenvalue weighted by atomic mass is 35.5. The largest absolute Gasteiger partial charge is 0.508 e. The van der Waals surface area contributed by atoms with E-state index in [1.807, 2.05) is 32.9 Å². The summed E-state index contributed by atoms with van der Waals surface area (Å²) in [6.07, 6.45) is 0.504. The zero-order chi connectivity index (χ0) is 24.2. The van der Waals surface area contributed by atoms with Crippen molar-refractivity contribution in [2.45, 2.75) is 45.9 Å². The molecule has 2 aromatic carbocycles. The predicted octanol–water partition coefficient (Wildman–Crippen LogP) is 5.64. The van der Waals surface area contributed by atoms with Crippen LogP contribution in [0.15, 0.2) is 59.4 Å². The van der Waals surface area contributed by atoms with E-state index >= 15 is 0 Å². The summed E-state index contributed by atoms with van der Waals surface area (Å²) >= 11 is 12.4. The number of esters is 1. The number of aromatic hydroxyl groups is 1. The first-order chi connectivity index (χ1) is 15.5. The average molecular weight is 490 g/mol. The van der Waals surface area contributed by atoms with Crippen molar-refractivity contribution in [3.63, 3.8) is 0 Å². The Morgan fingerprint density at radius 1 is 1.03 bits per heavy atom. The summed E-state index contributed by atoms with van der Waals surface area (Å²) in [7, 11) is 0. The molecule has 0 unspecified atom stereocenters. The molecule has 0 amide bonds. The van der Waals surface area contributed by atoms with Crippen LogP contribution >= 0.6 is 23.2 Å². The van der Waals surface area contributed by atoms with E-state index in [0.29, 0.717) is 35.0 Å². The van der Waals surface area contributed by atoms with Gasteiger partial charge in [-0.2, -0.15) is 0 Å². The first-order valence-corrected chi connectivity index (χ1v) is 11.1. The van der Waals surface area contributed by atoms with Crippen LogP contribution in [-0.2, 0) is 24.3 Å². The molecule has 1 aromatic heterocycles. The Hall–Kier alpha value is -2.96. The SMILES string of the molecule is CC(C)(C)OC(=O)c1ccc(CCn2c(COc3cccc(O)c3)c(Cl)cc(Cl)c2=O)cc1. The highest BCUT2D eigenvalue weighted by molar-refractivity contribution is 6.34. The third-order valence-electron chi connectivity index (χ3n) is 4.71. The van der Waals surface area contributed by atoms with Gasteiger partial charge in [0.15, 0.2) is 0 Å². The van der Waals surface area contributed by atoms with Gasteiger partial charge in [0.25, 0.3) is 5.56 Å². The topological polar surface area (TPSA) is 77.8 Å². The zero-order valence-electron chi connectivity index (χ0n) is 18.6. The molecule has 0 fully saturated rings. The highest BCUT2D eigenvalue weighted by Crippen LogP contribution is 2.23. The molecule has 0 saturated carbocycles. The van der Waals surface area contributed by atoms with E-state index in [0.717, 1.165) is 5.56 Å². The van der Waals surface area contributed by atoms with E-state index in [2.05, 4.69) is 0 Å². The molecular weight excluding hydrogens is 465 g/mol. The summed E-state index contributed by atoms with van der Waals surface area (Å²) in [6.45, 7) is 5.77. The molecule has 174 valence electrons. The third-order valence-corrected chi connectivity index (χ3v) is 5.31. The fraction of sp³-hybridized carbons (Fsp3) is 0.280. The number of hydrogen-bond acceptors (Lipinski definition) is 5. The van der Waals surface area contributed by atoms with Gasteiger partial charge in [0.2, 0.25) is 0 Å². The van der Waals surface area contributed by atoms with E-state index < -0.39 is 11.6 Å². The lowest BCUT2D eigenvalue weighted by Crippen LogP contribution is -2.26. The Bertz CT molecular complexity index is 1200. The number of aryl methyl sites for hydroxylation is 1. The molecular formula is C25H25Cl2NO5. The Balaban J connectivity index is 1.76. The van der Waals surface area contributed by atoms with Gasteiger partial charge in [-0.1, -0.05) is 41.4 Å². The second-order valence-corrected chi connectivity index (χ2v) is 9.29. The van der Waals surface area contributed by atoms with Gasteiger partial charge in [-0.25, -0.2) is 4.79 Å². The number of pyridine rings is 1. The van der Waals surface area contributed by atoms with E-state index in [-0.39, 0.29) is 22.9 Å². The molecule has 0 aliphatic heterocycles. The minimum atomic E-state index is -0.570. The molecule has 0 aliphatic carbocycles. The van der Waals surface area contributed by atoms with Crippen molar-refractivity contribution < 1.29 is 19.4 Å². The number of nitrogens with zero attached hydrogens (tertiary/aromatic N) is 1. The van der Waals surface area contributed by atoms with Crippen molar-refractivity contribution in [3.05, 3.63) is 91.8 Å². The lowest BCUT2D eigenvalue weighted by Gasteiger charge is -2.19. The second kappa shape index (κ2) is 10.3. The molecule has 8 heteroatoms. The molecule has 0 aliphatic rings. The standard InChI is InChI=1S/C25H25Cl2NO5/c1-25(2,3)33-24(31)17-9-7-16(8-10-17)11-12-28-22(20(26)14-21(27)23(28)30)15-32-19-6-4-5-18(29)13-19/h4-10,13-14,29H,11-12,15H2,1-3H3. The summed E-state index contributed by atoms with van der Waals surface area (Å²) < 4.78 is 12.6. The van der Waals surface area contributed by atoms with Gasteiger partial charge in [-0.05, 0) is 63.1 Å². The number of hydrogen-bond donors (Lipinski definition) is 1. The minimum absolute atomic E-state index is 0.0152. The fourth-order valence-electron chi connectivity index (χ4n) is 3.13. The van der Waals surface area contributed by atoms with Gasteiger partial charge < -0.3 is 19.1 Å². The van der Waals surface area contributed by atoms with E-state index in [1.165, 1.54) is 22.8 Å². The molecule has 0 spiro atoms. The number of benzene rings is 2. The van der Waals surface area contributed by atoms with Crippen molar-refractivity contribution >= 4 is 29.2 Å². The number of ether oxygens (including phenoxy) is 2. The molecule has 1 heterocycles. The van der Waals surface area contributed by atoms with Gasteiger partial charge in [-0.15, -0.1) is 0 Å². The molecule has 6 nitrogen and oxygen atoms in total. The molecule has 0 radical (unpaired) electrons. The summed E-state index contributed by atoms with van der Waals surface area (Å²) in [6, 6.07) is 14.8. The Kier molecular flexibility index (Phi) is 7.72. The normalized spacial score (nSPS) is 11.3. The first-order valence-electron chi connectivity index (χ1n) is 10.4. The number of rotatable bonds is 7. The fourth-order valence-corrected chi connectivity index (χ4v) is 3.66. The predicted molar refractivity (Wildman–Crippen MR) is 128 cm³/mol. The van der Waals surface area contributed by atoms with Crippen molar-refractivity contribution in [3.8, 4) is 11.5 Å². The molecule has 3 aromatic rings. The van der Waals surface area contributed by atoms with Gasteiger partial charge in [0.05, 0.1) is 16.3 Å². The number of halogens is 2. The quantitative estimate of drug-likeness (QED) is 0.434. The van der Waals surface area contributed by atoms with Gasteiger partial charge in [-0.3, -0.25) is 4.79 Å². The Morgan fingerprint density at radius 2 is 1.73 bits per heavy atom. The number of phenols is 1. The minimum Gasteiger partial charge on any atom is -0.508 e. The van der Waals surface area contributed by atoms with Crippen LogP contribution in [0.5, 0.6) is 11.5 Å². The van der Waals surface area contributed by atoms with Crippen LogP contribution in [0.3, 0.4) is 0 Å². The van der Waals surface area contributed by atoms with E-state index in [9.17, 15) is 14.7 Å². The van der Waals surface area contributed by atoms with Crippen LogP contribution in [0.4, 0.5) is 0 Å². The van der Waals surface area contributed by atoms with E-state index in [1.54, 1.807) is 24.3 Å². The molecule has 3 rings (SSSR count). The number of carbonyl (C=O) groups is 1. The monoisotopic (exact) mass is 489 g/mol. The number of phenolic OH excluding ortho intramolecular Hbond substituents is 1. The van der Waals surface area contributed by atoms with Crippen LogP contribution in [0.1, 0.15) is 42.4 Å². The van der Waals surface area contributed by atoms with E-state index in [4.69, 9.17) is 32.7 Å². The van der Waals surface area contributed by atoms with Crippen molar-refractivity contribution in [2.24, 2.45) is 0 Å². The molecule has 1 N–H and O–H groups in total. The summed E-state index contributed by atoms with van der Waals surface area (Å²) in [5.41, 5.74) is 0.905. The lowest BCUT2D eigenvalue weighted by molar-refractivity contribution is 0.00695. The summed E-state index contributed by atoms with van der Waals surface area (Å²) in [5.74, 6) is 0.123. The Morgan fingerprint density at radius 3 is 2.36 bits per heavy atom. The smallest absolute Gasteiger partial charge is 0.338 e.